The Morgan fingerprint density at radius 1 is 1.14 bits per heavy atom. The molecule has 0 saturated heterocycles. The molecule has 1 amide bonds. The predicted molar refractivity (Wildman–Crippen MR) is 114 cm³/mol. The lowest BCUT2D eigenvalue weighted by atomic mass is 9.71. The van der Waals surface area contributed by atoms with Crippen LogP contribution in [-0.4, -0.2) is 27.9 Å². The Hall–Kier alpha value is -2.53. The average Bonchev–Trinajstić information content (AvgIpc) is 3.17. The second-order valence-electron chi connectivity index (χ2n) is 9.12. The molecule has 0 radical (unpaired) electrons. The molecule has 0 aliphatic heterocycles. The van der Waals surface area contributed by atoms with E-state index in [0.29, 0.717) is 29.1 Å². The first kappa shape index (κ1) is 21.2. The summed E-state index contributed by atoms with van der Waals surface area (Å²) in [6.07, 6.45) is 10.0. The molecule has 1 aliphatic carbocycles. The van der Waals surface area contributed by atoms with Crippen molar-refractivity contribution in [3.63, 3.8) is 0 Å². The Labute approximate surface area is 173 Å². The number of ketones is 1. The molecule has 29 heavy (non-hydrogen) atoms. The predicted octanol–water partition coefficient (Wildman–Crippen LogP) is 3.70. The molecule has 0 bridgehead atoms. The summed E-state index contributed by atoms with van der Waals surface area (Å²) in [5, 5.41) is 8.77. The fraction of sp³-hybridized carbons (Fsp3) is 0.458. The number of benzene rings is 1. The summed E-state index contributed by atoms with van der Waals surface area (Å²) in [5.41, 5.74) is 2.37. The minimum Gasteiger partial charge on any atom is -0.289 e. The third-order valence-corrected chi connectivity index (χ3v) is 6.01. The molecule has 2 aromatic rings. The highest BCUT2D eigenvalue weighted by molar-refractivity contribution is 6.04. The van der Waals surface area contributed by atoms with Crippen LogP contribution >= 0.6 is 0 Å². The van der Waals surface area contributed by atoms with E-state index in [4.69, 9.17) is 0 Å². The maximum Gasteiger partial charge on any atom is 0.361 e. The van der Waals surface area contributed by atoms with E-state index in [2.05, 4.69) is 31.0 Å². The van der Waals surface area contributed by atoms with Crippen molar-refractivity contribution in [2.24, 2.45) is 11.3 Å². The molecule has 1 aliphatic rings. The van der Waals surface area contributed by atoms with Crippen LogP contribution in [0.4, 0.5) is 0 Å². The van der Waals surface area contributed by atoms with Gasteiger partial charge in [0.2, 0.25) is 0 Å². The van der Waals surface area contributed by atoms with Gasteiger partial charge in [-0.15, -0.1) is 0 Å². The molecule has 5 heteroatoms. The van der Waals surface area contributed by atoms with Crippen molar-refractivity contribution in [2.75, 3.05) is 0 Å². The van der Waals surface area contributed by atoms with E-state index in [1.807, 2.05) is 23.5 Å². The van der Waals surface area contributed by atoms with Crippen LogP contribution in [0.3, 0.4) is 0 Å². The van der Waals surface area contributed by atoms with Crippen LogP contribution in [0.2, 0.25) is 0 Å². The number of hydrogen-bond acceptors (Lipinski definition) is 3. The van der Waals surface area contributed by atoms with Gasteiger partial charge in [-0.05, 0) is 36.7 Å². The molecule has 3 rings (SSSR count). The third-order valence-electron chi connectivity index (χ3n) is 6.01. The van der Waals surface area contributed by atoms with E-state index >= 15 is 0 Å². The number of primary amides is 1. The Morgan fingerprint density at radius 2 is 1.83 bits per heavy atom. The van der Waals surface area contributed by atoms with Gasteiger partial charge in [0.05, 0.1) is 12.2 Å². The van der Waals surface area contributed by atoms with Gasteiger partial charge in [-0.3, -0.25) is 15.2 Å². The molecular formula is C24H32N3O2+. The summed E-state index contributed by atoms with van der Waals surface area (Å²) < 4.78 is 0. The number of aromatic amines is 1. The molecule has 1 aromatic heterocycles. The van der Waals surface area contributed by atoms with E-state index in [-0.39, 0.29) is 11.7 Å². The van der Waals surface area contributed by atoms with Gasteiger partial charge in [-0.25, -0.2) is 4.79 Å². The second kappa shape index (κ2) is 9.31. The zero-order valence-corrected chi connectivity index (χ0v) is 17.7. The Kier molecular flexibility index (Phi) is 6.80. The summed E-state index contributed by atoms with van der Waals surface area (Å²) in [6.45, 7) is 6.92. The maximum atomic E-state index is 12.8. The zero-order chi connectivity index (χ0) is 20.9. The van der Waals surface area contributed by atoms with Gasteiger partial charge in [0.1, 0.15) is 0 Å². The van der Waals surface area contributed by atoms with Crippen LogP contribution in [0.25, 0.3) is 0 Å². The molecule has 0 unspecified atom stereocenters. The number of aromatic nitrogens is 2. The van der Waals surface area contributed by atoms with Crippen molar-refractivity contribution in [2.45, 2.75) is 58.9 Å². The Balaban J connectivity index is 1.54. The molecule has 1 saturated carbocycles. The quantitative estimate of drug-likeness (QED) is 0.579. The first-order valence-corrected chi connectivity index (χ1v) is 10.5. The minimum absolute atomic E-state index is 0.0134. The zero-order valence-electron chi connectivity index (χ0n) is 17.7. The number of hydrogen-bond donors (Lipinski definition) is 2. The summed E-state index contributed by atoms with van der Waals surface area (Å²) >= 11 is 0. The lowest BCUT2D eigenvalue weighted by Gasteiger charge is -2.35. The van der Waals surface area contributed by atoms with E-state index in [1.54, 1.807) is 30.5 Å². The van der Waals surface area contributed by atoms with Crippen molar-refractivity contribution < 1.29 is 14.9 Å². The number of H-pyrrole nitrogens is 1. The van der Waals surface area contributed by atoms with E-state index in [0.717, 1.165) is 24.3 Å². The minimum atomic E-state index is -0.0378. The van der Waals surface area contributed by atoms with Crippen LogP contribution in [-0.2, 0) is 6.42 Å². The first-order chi connectivity index (χ1) is 13.8. The summed E-state index contributed by atoms with van der Waals surface area (Å²) in [5.74, 6) is 0.709. The molecule has 5 nitrogen and oxygen atoms in total. The van der Waals surface area contributed by atoms with Crippen molar-refractivity contribution in [1.29, 1.82) is 0 Å². The SMILES string of the molecule is CC(C)(C)C1CCC([NH2+]C(=O)c2[nH]ncc2C/C=C/C(=O)c2ccccc2)CC1. The maximum absolute atomic E-state index is 12.8. The first-order valence-electron chi connectivity index (χ1n) is 10.5. The molecule has 1 aromatic carbocycles. The molecule has 0 atom stereocenters. The lowest BCUT2D eigenvalue weighted by Crippen LogP contribution is -2.93. The number of nitrogens with two attached hydrogens (primary N) is 1. The highest BCUT2D eigenvalue weighted by Gasteiger charge is 2.32. The van der Waals surface area contributed by atoms with Gasteiger partial charge in [-0.2, -0.15) is 5.10 Å². The fourth-order valence-corrected chi connectivity index (χ4v) is 4.12. The Bertz CT molecular complexity index is 854. The number of rotatable bonds is 6. The smallest absolute Gasteiger partial charge is 0.289 e. The molecule has 1 fully saturated rings. The van der Waals surface area contributed by atoms with Crippen molar-refractivity contribution in [1.82, 2.24) is 10.2 Å². The van der Waals surface area contributed by atoms with Gasteiger partial charge in [0.25, 0.3) is 0 Å². The van der Waals surface area contributed by atoms with E-state index < -0.39 is 0 Å². The monoisotopic (exact) mass is 394 g/mol. The standard InChI is InChI=1S/C24H31N3O2/c1-24(2,3)19-12-14-20(15-13-19)26-23(29)22-18(16-25-27-22)10-7-11-21(28)17-8-5-4-6-9-17/h4-9,11,16,19-20H,10,12-15H2,1-3H3,(H,25,27)(H,26,29)/p+1/b11-7+. The summed E-state index contributed by atoms with van der Waals surface area (Å²) in [6, 6.07) is 9.51. The second-order valence-corrected chi connectivity index (χ2v) is 9.12. The van der Waals surface area contributed by atoms with Crippen molar-refractivity contribution >= 4 is 11.7 Å². The van der Waals surface area contributed by atoms with E-state index in [9.17, 15) is 9.59 Å². The number of nitrogens with one attached hydrogen (secondary N) is 1. The molecule has 1 heterocycles. The van der Waals surface area contributed by atoms with Crippen LogP contribution < -0.4 is 5.32 Å². The topological polar surface area (TPSA) is 79.4 Å². The van der Waals surface area contributed by atoms with Gasteiger partial charge < -0.3 is 0 Å². The van der Waals surface area contributed by atoms with Crippen LogP contribution in [0.15, 0.2) is 48.7 Å². The van der Waals surface area contributed by atoms with Gasteiger partial charge in [-0.1, -0.05) is 57.2 Å². The fourth-order valence-electron chi connectivity index (χ4n) is 4.12. The molecule has 154 valence electrons. The van der Waals surface area contributed by atoms with Crippen molar-refractivity contribution in [3.8, 4) is 0 Å². The number of quaternary nitrogens is 1. The highest BCUT2D eigenvalue weighted by Crippen LogP contribution is 2.37. The number of carbonyl (C=O) groups is 2. The van der Waals surface area contributed by atoms with Gasteiger partial charge >= 0.3 is 5.91 Å². The largest absolute Gasteiger partial charge is 0.361 e. The molecule has 3 N–H and O–H groups in total. The third kappa shape index (κ3) is 5.73. The van der Waals surface area contributed by atoms with E-state index in [1.165, 1.54) is 12.8 Å². The number of amides is 1. The van der Waals surface area contributed by atoms with Crippen LogP contribution in [0, 0.1) is 11.3 Å². The van der Waals surface area contributed by atoms with Crippen molar-refractivity contribution in [3.05, 3.63) is 65.5 Å². The number of allylic oxidation sites excluding steroid dienone is 2. The molecule has 0 spiro atoms. The van der Waals surface area contributed by atoms with Gasteiger partial charge in [0, 0.05) is 24.0 Å². The van der Waals surface area contributed by atoms with Crippen LogP contribution in [0.5, 0.6) is 0 Å². The summed E-state index contributed by atoms with van der Waals surface area (Å²) in [7, 11) is 0. The van der Waals surface area contributed by atoms with Crippen LogP contribution in [0.1, 0.15) is 72.9 Å². The van der Waals surface area contributed by atoms with Gasteiger partial charge in [0.15, 0.2) is 11.5 Å². The normalized spacial score (nSPS) is 20.1. The Morgan fingerprint density at radius 3 is 2.48 bits per heavy atom. The highest BCUT2D eigenvalue weighted by atomic mass is 16.2. The molecular weight excluding hydrogens is 362 g/mol. The summed E-state index contributed by atoms with van der Waals surface area (Å²) in [4.78, 5) is 24.9. The number of carbonyl (C=O) groups excluding carboxylic acids is 2. The average molecular weight is 395 g/mol. The number of nitrogens with zero attached hydrogens (tertiary/aromatic N) is 1. The lowest BCUT2D eigenvalue weighted by molar-refractivity contribution is -0.598.